The zero-order valence-corrected chi connectivity index (χ0v) is 32.6. The van der Waals surface area contributed by atoms with Crippen LogP contribution in [0.25, 0.3) is 0 Å². The Morgan fingerprint density at radius 1 is 0.933 bits per heavy atom. The zero-order valence-electron chi connectivity index (χ0n) is 25.3. The molecule has 0 amide bonds. The molecule has 6 saturated carbocycles. The van der Waals surface area contributed by atoms with E-state index in [-0.39, 0.29) is 40.5 Å². The zero-order chi connectivity index (χ0) is 32.1. The van der Waals surface area contributed by atoms with Gasteiger partial charge in [0.2, 0.25) is 0 Å². The predicted molar refractivity (Wildman–Crippen MR) is 194 cm³/mol. The molecule has 6 bridgehead atoms. The van der Waals surface area contributed by atoms with Crippen molar-refractivity contribution in [1.82, 2.24) is 0 Å². The summed E-state index contributed by atoms with van der Waals surface area (Å²) >= 11 is 6.66. The number of hydrogen-bond donors (Lipinski definition) is 1. The minimum atomic E-state index is -4.49. The van der Waals surface area contributed by atoms with Crippen molar-refractivity contribution in [1.29, 1.82) is 0 Å². The molecule has 8 rings (SSSR count). The summed E-state index contributed by atoms with van der Waals surface area (Å²) in [5.41, 5.74) is 0.174. The molecule has 2 aromatic rings. The van der Waals surface area contributed by atoms with Gasteiger partial charge in [0.15, 0.2) is 0 Å². The van der Waals surface area contributed by atoms with Gasteiger partial charge in [-0.15, -0.1) is 0 Å². The lowest BCUT2D eigenvalue weighted by Gasteiger charge is -2.59. The first-order valence-corrected chi connectivity index (χ1v) is 20.6. The third-order valence-corrected chi connectivity index (χ3v) is 16.0. The van der Waals surface area contributed by atoms with Crippen molar-refractivity contribution in [3.05, 3.63) is 51.7 Å². The standard InChI is InChI=1S/C34H37I3O7S/c1-17(2)24-10-23(11-26(30(24)45(40,41)42)25-7-18-3-4-21(25)6-18)43-32(39)33-12-19-5-20(13-33)15-34(14-19,16-33)44-31(38)27-8-22(35)9-28(36)29(27)37/h8-11,17-21,25H,3-7,12-16H2,1-2H3,(H,40,41,42). The maximum absolute atomic E-state index is 14.3. The van der Waals surface area contributed by atoms with Gasteiger partial charge in [-0.3, -0.25) is 9.35 Å². The van der Waals surface area contributed by atoms with E-state index in [4.69, 9.17) is 9.47 Å². The molecule has 0 aliphatic heterocycles. The number of carbonyl (C=O) groups is 2. The Morgan fingerprint density at radius 2 is 1.64 bits per heavy atom. The van der Waals surface area contributed by atoms with Gasteiger partial charge in [0, 0.05) is 17.1 Å². The normalized spacial score (nSPS) is 33.2. The molecule has 6 aliphatic carbocycles. The van der Waals surface area contributed by atoms with Crippen molar-refractivity contribution < 1.29 is 32.0 Å². The fraction of sp³-hybridized carbons (Fsp3) is 0.588. The maximum atomic E-state index is 14.3. The number of fused-ring (bicyclic) bond motifs is 2. The van der Waals surface area contributed by atoms with Crippen LogP contribution in [0.2, 0.25) is 0 Å². The second-order valence-electron chi connectivity index (χ2n) is 14.8. The Kier molecular flexibility index (Phi) is 8.67. The lowest BCUT2D eigenvalue weighted by atomic mass is 9.48. The van der Waals surface area contributed by atoms with Crippen molar-refractivity contribution in [2.24, 2.45) is 29.1 Å². The fourth-order valence-electron chi connectivity index (χ4n) is 10.0. The Labute approximate surface area is 305 Å². The number of hydrogen-bond acceptors (Lipinski definition) is 6. The molecule has 6 fully saturated rings. The minimum absolute atomic E-state index is 0.00427. The van der Waals surface area contributed by atoms with Gasteiger partial charge in [0.05, 0.1) is 11.0 Å². The van der Waals surface area contributed by atoms with Crippen LogP contribution in [-0.2, 0) is 19.6 Å². The lowest BCUT2D eigenvalue weighted by Crippen LogP contribution is -2.60. The maximum Gasteiger partial charge on any atom is 0.339 e. The summed E-state index contributed by atoms with van der Waals surface area (Å²) in [5, 5.41) is 0. The molecule has 0 radical (unpaired) electrons. The molecule has 0 heterocycles. The molecule has 242 valence electrons. The van der Waals surface area contributed by atoms with Crippen molar-refractivity contribution in [2.45, 2.75) is 100 Å². The first-order valence-electron chi connectivity index (χ1n) is 15.9. The average Bonchev–Trinajstić information content (AvgIpc) is 3.57. The third-order valence-electron chi connectivity index (χ3n) is 11.3. The summed E-state index contributed by atoms with van der Waals surface area (Å²) in [7, 11) is -4.49. The molecule has 45 heavy (non-hydrogen) atoms. The summed E-state index contributed by atoms with van der Waals surface area (Å²) in [5.74, 6) is 1.01. The van der Waals surface area contributed by atoms with E-state index in [1.807, 2.05) is 26.0 Å². The third kappa shape index (κ3) is 6.02. The smallest absolute Gasteiger partial charge is 0.339 e. The molecule has 5 unspecified atom stereocenters. The van der Waals surface area contributed by atoms with Crippen molar-refractivity contribution in [3.8, 4) is 5.75 Å². The molecule has 6 aliphatic rings. The van der Waals surface area contributed by atoms with Crippen molar-refractivity contribution in [2.75, 3.05) is 0 Å². The van der Waals surface area contributed by atoms with Crippen molar-refractivity contribution >= 4 is 89.8 Å². The Morgan fingerprint density at radius 3 is 2.24 bits per heavy atom. The highest BCUT2D eigenvalue weighted by Crippen LogP contribution is 2.63. The first kappa shape index (κ1) is 33.0. The van der Waals surface area contributed by atoms with Gasteiger partial charge in [-0.05, 0) is 190 Å². The van der Waals surface area contributed by atoms with Crippen molar-refractivity contribution in [3.63, 3.8) is 0 Å². The molecule has 0 spiro atoms. The van der Waals surface area contributed by atoms with Crippen LogP contribution in [0.1, 0.15) is 111 Å². The van der Waals surface area contributed by atoms with Crippen LogP contribution in [0.5, 0.6) is 5.75 Å². The molecule has 7 nitrogen and oxygen atoms in total. The highest BCUT2D eigenvalue weighted by molar-refractivity contribution is 14.1. The Balaban J connectivity index is 1.20. The van der Waals surface area contributed by atoms with Gasteiger partial charge in [-0.2, -0.15) is 8.42 Å². The van der Waals surface area contributed by atoms with Gasteiger partial charge in [0.25, 0.3) is 10.1 Å². The number of carbonyl (C=O) groups excluding carboxylic acids is 2. The van der Waals surface area contributed by atoms with E-state index >= 15 is 0 Å². The molecule has 1 N–H and O–H groups in total. The van der Waals surface area contributed by atoms with Crippen LogP contribution < -0.4 is 4.74 Å². The van der Waals surface area contributed by atoms with E-state index in [9.17, 15) is 22.6 Å². The van der Waals surface area contributed by atoms with Crippen LogP contribution >= 0.6 is 67.8 Å². The summed E-state index contributed by atoms with van der Waals surface area (Å²) < 4.78 is 51.5. The number of benzene rings is 2. The van der Waals surface area contributed by atoms with E-state index in [1.165, 1.54) is 0 Å². The van der Waals surface area contributed by atoms with Crippen LogP contribution in [0.4, 0.5) is 0 Å². The topological polar surface area (TPSA) is 107 Å². The highest BCUT2D eigenvalue weighted by Gasteiger charge is 2.63. The summed E-state index contributed by atoms with van der Waals surface area (Å²) in [6, 6.07) is 7.26. The molecular weight excluding hydrogens is 933 g/mol. The molecule has 2 aromatic carbocycles. The van der Waals surface area contributed by atoms with E-state index in [0.717, 1.165) is 55.7 Å². The van der Waals surface area contributed by atoms with E-state index in [1.54, 1.807) is 12.1 Å². The number of rotatable bonds is 7. The average molecular weight is 970 g/mol. The van der Waals surface area contributed by atoms with Crippen LogP contribution in [0.3, 0.4) is 0 Å². The summed E-state index contributed by atoms with van der Waals surface area (Å²) in [6.45, 7) is 3.79. The van der Waals surface area contributed by atoms with Gasteiger partial charge in [0.1, 0.15) is 16.2 Å². The van der Waals surface area contributed by atoms with Gasteiger partial charge in [-0.25, -0.2) is 4.79 Å². The van der Waals surface area contributed by atoms with E-state index in [2.05, 4.69) is 67.8 Å². The molecule has 11 heteroatoms. The van der Waals surface area contributed by atoms with Crippen LogP contribution in [0, 0.1) is 39.8 Å². The number of esters is 2. The highest BCUT2D eigenvalue weighted by atomic mass is 127. The first-order chi connectivity index (χ1) is 21.2. The number of halogens is 3. The van der Waals surface area contributed by atoms with Crippen LogP contribution in [0.15, 0.2) is 29.2 Å². The summed E-state index contributed by atoms with van der Waals surface area (Å²) in [4.78, 5) is 27.9. The van der Waals surface area contributed by atoms with E-state index < -0.39 is 21.1 Å². The minimum Gasteiger partial charge on any atom is -0.455 e. The van der Waals surface area contributed by atoms with Crippen LogP contribution in [-0.4, -0.2) is 30.5 Å². The van der Waals surface area contributed by atoms with Gasteiger partial charge >= 0.3 is 11.9 Å². The Bertz CT molecular complexity index is 1690. The second-order valence-corrected chi connectivity index (χ2v) is 19.6. The molecule has 0 saturated heterocycles. The quantitative estimate of drug-likeness (QED) is 0.0972. The van der Waals surface area contributed by atoms with Gasteiger partial charge < -0.3 is 9.47 Å². The lowest BCUT2D eigenvalue weighted by molar-refractivity contribution is -0.189. The SMILES string of the molecule is CC(C)c1cc(OC(=O)C23CC4CC(CC(OC(=O)c5cc(I)cc(I)c5I)(C4)C2)C3)cc(C2CC3CCC2C3)c1S(=O)(=O)O. The van der Waals surface area contributed by atoms with Gasteiger partial charge in [-0.1, -0.05) is 20.3 Å². The fourth-order valence-corrected chi connectivity index (χ4v) is 13.5. The molecule has 5 atom stereocenters. The molecule has 0 aromatic heterocycles. The predicted octanol–water partition coefficient (Wildman–Crippen LogP) is 8.88. The summed E-state index contributed by atoms with van der Waals surface area (Å²) in [6.07, 6.45) is 8.58. The second kappa shape index (κ2) is 11.8. The Hall–Kier alpha value is -0.520. The monoisotopic (exact) mass is 970 g/mol. The molecular formula is C34H37I3O7S. The number of ether oxygens (including phenoxy) is 2. The largest absolute Gasteiger partial charge is 0.455 e. The van der Waals surface area contributed by atoms with E-state index in [0.29, 0.717) is 53.5 Å².